The summed E-state index contributed by atoms with van der Waals surface area (Å²) in [7, 11) is 0. The highest BCUT2D eigenvalue weighted by Gasteiger charge is 2.77. The number of phenols is 1. The number of benzene rings is 2. The van der Waals surface area contributed by atoms with Crippen LogP contribution in [0.15, 0.2) is 54.6 Å². The van der Waals surface area contributed by atoms with Gasteiger partial charge in [-0.05, 0) is 55.1 Å². The van der Waals surface area contributed by atoms with Gasteiger partial charge >= 0.3 is 6.11 Å². The minimum Gasteiger partial charge on any atom is -0.508 e. The summed E-state index contributed by atoms with van der Waals surface area (Å²) in [6.45, 7) is 1.91. The molecule has 0 amide bonds. The molecule has 7 heteroatoms. The lowest BCUT2D eigenvalue weighted by Crippen LogP contribution is -2.35. The first-order valence-corrected chi connectivity index (χ1v) is 10.2. The van der Waals surface area contributed by atoms with Gasteiger partial charge < -0.3 is 10.4 Å². The Morgan fingerprint density at radius 3 is 2.50 bits per heavy atom. The molecule has 3 aromatic rings. The van der Waals surface area contributed by atoms with Crippen LogP contribution in [-0.2, 0) is 4.74 Å². The molecule has 1 aliphatic rings. The van der Waals surface area contributed by atoms with Crippen molar-refractivity contribution in [2.75, 3.05) is 17.3 Å². The molecule has 1 aliphatic heterocycles. The van der Waals surface area contributed by atoms with E-state index < -0.39 is 17.8 Å². The molecule has 1 saturated heterocycles. The minimum atomic E-state index is -3.23. The quantitative estimate of drug-likeness (QED) is 0.560. The second-order valence-electron chi connectivity index (χ2n) is 6.94. The summed E-state index contributed by atoms with van der Waals surface area (Å²) < 4.78 is 33.8. The summed E-state index contributed by atoms with van der Waals surface area (Å²) in [5.41, 5.74) is 1.33. The van der Waals surface area contributed by atoms with Crippen molar-refractivity contribution < 1.29 is 18.6 Å². The molecule has 2 heterocycles. The zero-order valence-electron chi connectivity index (χ0n) is 15.4. The molecule has 2 aromatic carbocycles. The van der Waals surface area contributed by atoms with Crippen LogP contribution >= 0.6 is 11.8 Å². The van der Waals surface area contributed by atoms with E-state index in [1.807, 2.05) is 37.3 Å². The highest BCUT2D eigenvalue weighted by molar-refractivity contribution is 7.98. The van der Waals surface area contributed by atoms with Crippen LogP contribution in [0, 0.1) is 6.92 Å². The number of rotatable bonds is 6. The van der Waals surface area contributed by atoms with Crippen molar-refractivity contribution in [2.24, 2.45) is 0 Å². The number of epoxide rings is 1. The van der Waals surface area contributed by atoms with E-state index in [0.29, 0.717) is 11.3 Å². The largest absolute Gasteiger partial charge is 0.508 e. The molecule has 28 heavy (non-hydrogen) atoms. The molecule has 1 aromatic heterocycles. The summed E-state index contributed by atoms with van der Waals surface area (Å²) in [5, 5.41) is 13.7. The van der Waals surface area contributed by atoms with E-state index >= 15 is 0 Å². The van der Waals surface area contributed by atoms with E-state index in [1.54, 1.807) is 18.4 Å². The fourth-order valence-electron chi connectivity index (χ4n) is 3.52. The highest BCUT2D eigenvalue weighted by atomic mass is 32.2. The second-order valence-corrected chi connectivity index (χ2v) is 7.80. The summed E-state index contributed by atoms with van der Waals surface area (Å²) in [6, 6.07) is 14.9. The first kappa shape index (κ1) is 19.0. The summed E-state index contributed by atoms with van der Waals surface area (Å²) in [6.07, 6.45) is -1.46. The summed E-state index contributed by atoms with van der Waals surface area (Å²) in [4.78, 5) is 4.51. The number of anilines is 1. The van der Waals surface area contributed by atoms with Crippen molar-refractivity contribution >= 4 is 28.4 Å². The summed E-state index contributed by atoms with van der Waals surface area (Å²) in [5.74, 6) is 0.204. The Morgan fingerprint density at radius 2 is 1.86 bits per heavy atom. The van der Waals surface area contributed by atoms with Gasteiger partial charge in [0.05, 0.1) is 11.6 Å². The molecule has 0 aliphatic carbocycles. The van der Waals surface area contributed by atoms with Gasteiger partial charge in [-0.25, -0.2) is 0 Å². The topological polar surface area (TPSA) is 57.7 Å². The fraction of sp³-hybridized carbons (Fsp3) is 0.286. The van der Waals surface area contributed by atoms with E-state index in [1.165, 1.54) is 23.9 Å². The van der Waals surface area contributed by atoms with Crippen LogP contribution in [0.4, 0.5) is 14.5 Å². The Labute approximate surface area is 165 Å². The Hall–Kier alpha value is -2.38. The molecular weight excluding hydrogens is 382 g/mol. The molecule has 0 radical (unpaired) electrons. The van der Waals surface area contributed by atoms with Crippen molar-refractivity contribution in [2.45, 2.75) is 24.7 Å². The number of hydrogen-bond acceptors (Lipinski definition) is 5. The van der Waals surface area contributed by atoms with Gasteiger partial charge in [0.1, 0.15) is 5.75 Å². The lowest BCUT2D eigenvalue weighted by molar-refractivity contribution is 0.000671. The number of nitrogens with one attached hydrogen (secondary N) is 1. The maximum atomic E-state index is 14.4. The standard InChI is InChI=1S/C21H20F2N2O2S/c1-13-6-11-16-17(24-13)4-3-5-18(16)25-19(14-7-9-15(26)10-8-14)20(12-28-2)21(22,23)27-20/h3-11,19,25-26H,12H2,1-2H3. The SMILES string of the molecule is CSCC1(C(Nc2cccc3nc(C)ccc23)c2ccc(O)cc2)OC1(F)F. The van der Waals surface area contributed by atoms with Crippen molar-refractivity contribution in [1.82, 2.24) is 4.98 Å². The normalized spacial score (nSPS) is 21.4. The number of ether oxygens (including phenoxy) is 1. The van der Waals surface area contributed by atoms with Crippen molar-refractivity contribution in [3.63, 3.8) is 0 Å². The van der Waals surface area contributed by atoms with Crippen LogP contribution in [0.3, 0.4) is 0 Å². The zero-order chi connectivity index (χ0) is 19.9. The predicted molar refractivity (Wildman–Crippen MR) is 108 cm³/mol. The number of thioether (sulfide) groups is 1. The van der Waals surface area contributed by atoms with Gasteiger partial charge in [-0.2, -0.15) is 20.5 Å². The number of alkyl halides is 2. The third-order valence-electron chi connectivity index (χ3n) is 4.98. The highest BCUT2D eigenvalue weighted by Crippen LogP contribution is 2.59. The molecular formula is C21H20F2N2O2S. The van der Waals surface area contributed by atoms with E-state index in [9.17, 15) is 13.9 Å². The van der Waals surface area contributed by atoms with Crippen LogP contribution in [-0.4, -0.2) is 33.8 Å². The average molecular weight is 402 g/mol. The molecule has 0 spiro atoms. The van der Waals surface area contributed by atoms with Gasteiger partial charge in [-0.1, -0.05) is 18.2 Å². The Bertz CT molecular complexity index is 1010. The maximum Gasteiger partial charge on any atom is 0.389 e. The zero-order valence-corrected chi connectivity index (χ0v) is 16.3. The number of aromatic nitrogens is 1. The lowest BCUT2D eigenvalue weighted by atomic mass is 9.92. The third-order valence-corrected chi connectivity index (χ3v) is 5.70. The van der Waals surface area contributed by atoms with Crippen molar-refractivity contribution in [3.8, 4) is 5.75 Å². The minimum absolute atomic E-state index is 0.0785. The van der Waals surface area contributed by atoms with Crippen LogP contribution in [0.25, 0.3) is 10.9 Å². The molecule has 1 fully saturated rings. The molecule has 0 bridgehead atoms. The van der Waals surface area contributed by atoms with Crippen LogP contribution in [0.5, 0.6) is 5.75 Å². The van der Waals surface area contributed by atoms with Crippen molar-refractivity contribution in [3.05, 3.63) is 65.9 Å². The van der Waals surface area contributed by atoms with Gasteiger partial charge in [-0.3, -0.25) is 9.72 Å². The first-order valence-electron chi connectivity index (χ1n) is 8.85. The van der Waals surface area contributed by atoms with E-state index in [0.717, 1.165) is 16.6 Å². The molecule has 2 N–H and O–H groups in total. The monoisotopic (exact) mass is 402 g/mol. The van der Waals surface area contributed by atoms with E-state index in [4.69, 9.17) is 4.74 Å². The van der Waals surface area contributed by atoms with Gasteiger partial charge in [0.25, 0.3) is 0 Å². The fourth-order valence-corrected chi connectivity index (χ4v) is 4.34. The average Bonchev–Trinajstić information content (AvgIpc) is 3.21. The smallest absolute Gasteiger partial charge is 0.389 e. The van der Waals surface area contributed by atoms with E-state index in [2.05, 4.69) is 10.3 Å². The first-order chi connectivity index (χ1) is 13.4. The van der Waals surface area contributed by atoms with Gasteiger partial charge in [0, 0.05) is 22.5 Å². The number of aryl methyl sites for hydroxylation is 1. The van der Waals surface area contributed by atoms with Crippen LogP contribution < -0.4 is 5.32 Å². The molecule has 0 saturated carbocycles. The van der Waals surface area contributed by atoms with E-state index in [-0.39, 0.29) is 11.5 Å². The second kappa shape index (κ2) is 6.90. The Kier molecular flexibility index (Phi) is 4.67. The Morgan fingerprint density at radius 1 is 1.14 bits per heavy atom. The number of nitrogens with zero attached hydrogens (tertiary/aromatic N) is 1. The molecule has 4 nitrogen and oxygen atoms in total. The predicted octanol–water partition coefficient (Wildman–Crippen LogP) is 5.13. The maximum absolute atomic E-state index is 14.4. The number of aromatic hydroxyl groups is 1. The Balaban J connectivity index is 1.80. The number of phenolic OH excluding ortho intramolecular Hbond substituents is 1. The van der Waals surface area contributed by atoms with Crippen LogP contribution in [0.2, 0.25) is 0 Å². The van der Waals surface area contributed by atoms with Gasteiger partial charge in [0.15, 0.2) is 5.60 Å². The number of halogens is 2. The number of fused-ring (bicyclic) bond motifs is 1. The number of hydrogen-bond donors (Lipinski definition) is 2. The van der Waals surface area contributed by atoms with Crippen molar-refractivity contribution in [1.29, 1.82) is 0 Å². The van der Waals surface area contributed by atoms with Gasteiger partial charge in [0.2, 0.25) is 0 Å². The number of pyridine rings is 1. The lowest BCUT2D eigenvalue weighted by Gasteiger charge is -2.27. The molecule has 2 atom stereocenters. The molecule has 146 valence electrons. The molecule has 2 unspecified atom stereocenters. The molecule has 4 rings (SSSR count). The van der Waals surface area contributed by atoms with Crippen LogP contribution in [0.1, 0.15) is 17.3 Å². The summed E-state index contributed by atoms with van der Waals surface area (Å²) >= 11 is 1.31. The third kappa shape index (κ3) is 3.18. The van der Waals surface area contributed by atoms with Gasteiger partial charge in [-0.15, -0.1) is 0 Å².